The van der Waals surface area contributed by atoms with Crippen LogP contribution in [0, 0.1) is 5.41 Å². The molecule has 2 saturated heterocycles. The molecule has 2 N–H and O–H groups in total. The van der Waals surface area contributed by atoms with Crippen LogP contribution in [-0.2, 0) is 6.54 Å². The molecule has 1 spiro atoms. The van der Waals surface area contributed by atoms with Gasteiger partial charge in [-0.05, 0) is 43.4 Å². The fourth-order valence-corrected chi connectivity index (χ4v) is 4.14. The summed E-state index contributed by atoms with van der Waals surface area (Å²) in [6.45, 7) is 5.00. The number of nitrogens with zero attached hydrogens (tertiary/aromatic N) is 5. The fourth-order valence-electron chi connectivity index (χ4n) is 4.14. The highest BCUT2D eigenvalue weighted by atomic mass is 16.5. The first-order chi connectivity index (χ1) is 13.2. The van der Waals surface area contributed by atoms with E-state index in [-0.39, 0.29) is 5.56 Å². The van der Waals surface area contributed by atoms with E-state index in [0.29, 0.717) is 11.4 Å². The van der Waals surface area contributed by atoms with Crippen LogP contribution in [0.15, 0.2) is 36.8 Å². The number of carbonyl (C=O) groups is 1. The maximum atomic E-state index is 11.4. The Labute approximate surface area is 158 Å². The van der Waals surface area contributed by atoms with Crippen molar-refractivity contribution in [3.05, 3.63) is 48.0 Å². The van der Waals surface area contributed by atoms with Crippen LogP contribution in [0.25, 0.3) is 0 Å². The van der Waals surface area contributed by atoms with Crippen LogP contribution in [0.1, 0.15) is 35.3 Å². The number of hydroxylamine groups is 1. The Hall–Kier alpha value is -2.58. The quantitative estimate of drug-likeness (QED) is 0.623. The van der Waals surface area contributed by atoms with Crippen molar-refractivity contribution in [2.75, 3.05) is 31.1 Å². The number of aromatic nitrogens is 3. The molecule has 2 aromatic heterocycles. The zero-order valence-electron chi connectivity index (χ0n) is 15.2. The molecule has 0 unspecified atom stereocenters. The number of hydrogen-bond acceptors (Lipinski definition) is 7. The molecule has 27 heavy (non-hydrogen) atoms. The first-order valence-electron chi connectivity index (χ1n) is 9.31. The molecule has 2 aliphatic heterocycles. The van der Waals surface area contributed by atoms with E-state index < -0.39 is 5.91 Å². The second-order valence-electron chi connectivity index (χ2n) is 7.48. The number of pyridine rings is 1. The van der Waals surface area contributed by atoms with Gasteiger partial charge in [0.1, 0.15) is 0 Å². The van der Waals surface area contributed by atoms with E-state index in [9.17, 15) is 4.79 Å². The Morgan fingerprint density at radius 2 is 1.85 bits per heavy atom. The third kappa shape index (κ3) is 3.91. The number of anilines is 1. The molecule has 8 heteroatoms. The van der Waals surface area contributed by atoms with E-state index in [1.54, 1.807) is 5.48 Å². The van der Waals surface area contributed by atoms with Crippen LogP contribution in [0.4, 0.5) is 5.95 Å². The van der Waals surface area contributed by atoms with Crippen LogP contribution in [-0.4, -0.2) is 57.1 Å². The Balaban J connectivity index is 1.33. The summed E-state index contributed by atoms with van der Waals surface area (Å²) in [5.74, 6) is 0.0424. The lowest BCUT2D eigenvalue weighted by atomic mass is 9.78. The second-order valence-corrected chi connectivity index (χ2v) is 7.48. The molecule has 0 bridgehead atoms. The van der Waals surface area contributed by atoms with Crippen molar-refractivity contribution in [3.8, 4) is 0 Å². The van der Waals surface area contributed by atoms with Crippen molar-refractivity contribution < 1.29 is 10.0 Å². The van der Waals surface area contributed by atoms with E-state index in [0.717, 1.165) is 51.3 Å². The molecule has 0 radical (unpaired) electrons. The second kappa shape index (κ2) is 7.58. The van der Waals surface area contributed by atoms with Gasteiger partial charge in [0, 0.05) is 44.8 Å². The molecule has 8 nitrogen and oxygen atoms in total. The minimum atomic E-state index is -0.599. The maximum Gasteiger partial charge on any atom is 0.277 e. The molecule has 2 aliphatic rings. The highest BCUT2D eigenvalue weighted by molar-refractivity contribution is 5.92. The largest absolute Gasteiger partial charge is 0.341 e. The lowest BCUT2D eigenvalue weighted by molar-refractivity contribution is 0.0705. The third-order valence-electron chi connectivity index (χ3n) is 5.74. The fraction of sp³-hybridized carbons (Fsp3) is 0.474. The topological polar surface area (TPSA) is 94.5 Å². The molecule has 142 valence electrons. The van der Waals surface area contributed by atoms with Crippen LogP contribution >= 0.6 is 0 Å². The Morgan fingerprint density at radius 1 is 1.11 bits per heavy atom. The number of likely N-dealkylation sites (tertiary alicyclic amines) is 1. The van der Waals surface area contributed by atoms with Gasteiger partial charge >= 0.3 is 0 Å². The van der Waals surface area contributed by atoms with Crippen molar-refractivity contribution in [2.45, 2.75) is 25.8 Å². The Kier molecular flexibility index (Phi) is 5.00. The molecule has 0 aliphatic carbocycles. The maximum absolute atomic E-state index is 11.4. The molecule has 2 aromatic rings. The van der Waals surface area contributed by atoms with Crippen molar-refractivity contribution in [2.24, 2.45) is 5.41 Å². The van der Waals surface area contributed by atoms with Gasteiger partial charge in [0.25, 0.3) is 5.91 Å². The smallest absolute Gasteiger partial charge is 0.277 e. The van der Waals surface area contributed by atoms with Crippen LogP contribution in [0.2, 0.25) is 0 Å². The summed E-state index contributed by atoms with van der Waals surface area (Å²) in [6, 6.07) is 6.09. The highest BCUT2D eigenvalue weighted by Crippen LogP contribution is 2.41. The zero-order valence-corrected chi connectivity index (χ0v) is 15.2. The van der Waals surface area contributed by atoms with Gasteiger partial charge in [-0.15, -0.1) is 0 Å². The van der Waals surface area contributed by atoms with Gasteiger partial charge in [-0.2, -0.15) is 0 Å². The van der Waals surface area contributed by atoms with Gasteiger partial charge in [-0.25, -0.2) is 15.4 Å². The Bertz CT molecular complexity index is 775. The normalized spacial score (nSPS) is 19.4. The van der Waals surface area contributed by atoms with E-state index in [2.05, 4.69) is 30.8 Å². The first-order valence-corrected chi connectivity index (χ1v) is 9.31. The summed E-state index contributed by atoms with van der Waals surface area (Å²) in [4.78, 5) is 29.1. The van der Waals surface area contributed by atoms with Gasteiger partial charge in [0.15, 0.2) is 0 Å². The predicted molar refractivity (Wildman–Crippen MR) is 99.3 cm³/mol. The van der Waals surface area contributed by atoms with E-state index in [1.165, 1.54) is 18.8 Å². The van der Waals surface area contributed by atoms with Crippen LogP contribution in [0.3, 0.4) is 0 Å². The number of nitrogens with one attached hydrogen (secondary N) is 1. The van der Waals surface area contributed by atoms with Gasteiger partial charge < -0.3 is 4.90 Å². The van der Waals surface area contributed by atoms with Crippen molar-refractivity contribution in [1.82, 2.24) is 25.3 Å². The summed E-state index contributed by atoms with van der Waals surface area (Å²) in [6.07, 6.45) is 8.21. The lowest BCUT2D eigenvalue weighted by Gasteiger charge is -2.39. The summed E-state index contributed by atoms with van der Waals surface area (Å²) < 4.78 is 0. The standard InChI is InChI=1S/C19H24N6O2/c26-17(23-27)15-11-21-18(22-12-15)25-9-5-19(6-10-25)4-8-24(14-19)13-16-3-1-2-7-20-16/h1-3,7,11-12,27H,4-6,8-10,13-14H2,(H,23,26). The average molecular weight is 368 g/mol. The SMILES string of the molecule is O=C(NO)c1cnc(N2CCC3(CCN(Cc4ccccn4)C3)CC2)nc1. The van der Waals surface area contributed by atoms with E-state index in [4.69, 9.17) is 5.21 Å². The zero-order chi connectivity index (χ0) is 18.7. The van der Waals surface area contributed by atoms with Crippen molar-refractivity contribution >= 4 is 11.9 Å². The number of carbonyl (C=O) groups excluding carboxylic acids is 1. The van der Waals surface area contributed by atoms with Crippen LogP contribution < -0.4 is 10.4 Å². The van der Waals surface area contributed by atoms with Gasteiger partial charge in [-0.3, -0.25) is 19.9 Å². The third-order valence-corrected chi connectivity index (χ3v) is 5.74. The number of amides is 1. The van der Waals surface area contributed by atoms with Gasteiger partial charge in [0.05, 0.1) is 11.3 Å². The molecule has 0 atom stereocenters. The van der Waals surface area contributed by atoms with Crippen LogP contribution in [0.5, 0.6) is 0 Å². The number of hydrogen-bond donors (Lipinski definition) is 2. The summed E-state index contributed by atoms with van der Waals surface area (Å²) in [5, 5.41) is 8.67. The monoisotopic (exact) mass is 368 g/mol. The highest BCUT2D eigenvalue weighted by Gasteiger charge is 2.40. The molecule has 0 aromatic carbocycles. The molecule has 1 amide bonds. The summed E-state index contributed by atoms with van der Waals surface area (Å²) in [5.41, 5.74) is 3.35. The summed E-state index contributed by atoms with van der Waals surface area (Å²) >= 11 is 0. The minimum absolute atomic E-state index is 0.246. The number of piperidine rings is 1. The molecular weight excluding hydrogens is 344 g/mol. The summed E-state index contributed by atoms with van der Waals surface area (Å²) in [7, 11) is 0. The van der Waals surface area contributed by atoms with Gasteiger partial charge in [-0.1, -0.05) is 6.07 Å². The van der Waals surface area contributed by atoms with Crippen molar-refractivity contribution in [1.29, 1.82) is 0 Å². The van der Waals surface area contributed by atoms with Crippen molar-refractivity contribution in [3.63, 3.8) is 0 Å². The Morgan fingerprint density at radius 3 is 2.52 bits per heavy atom. The minimum Gasteiger partial charge on any atom is -0.341 e. The van der Waals surface area contributed by atoms with E-state index >= 15 is 0 Å². The predicted octanol–water partition coefficient (Wildman–Crippen LogP) is 1.48. The first kappa shape index (κ1) is 17.8. The van der Waals surface area contributed by atoms with E-state index in [1.807, 2.05) is 18.3 Å². The molecular formula is C19H24N6O2. The number of rotatable bonds is 4. The van der Waals surface area contributed by atoms with Gasteiger partial charge in [0.2, 0.25) is 5.95 Å². The molecule has 2 fully saturated rings. The molecule has 4 rings (SSSR count). The average Bonchev–Trinajstić information content (AvgIpc) is 3.11. The lowest BCUT2D eigenvalue weighted by Crippen LogP contribution is -2.42. The molecule has 4 heterocycles. The molecule has 0 saturated carbocycles.